The molecule has 0 atom stereocenters. The van der Waals surface area contributed by atoms with Crippen LogP contribution in [0.4, 0.5) is 193 Å². The van der Waals surface area contributed by atoms with Gasteiger partial charge in [0.1, 0.15) is 0 Å². The second kappa shape index (κ2) is 31.9. The number of rotatable bonds is 28. The van der Waals surface area contributed by atoms with Gasteiger partial charge in [-0.05, 0) is 55.4 Å². The highest BCUT2D eigenvalue weighted by Gasteiger charge is 3.01. The van der Waals surface area contributed by atoms with Crippen molar-refractivity contribution in [3.63, 3.8) is 0 Å². The Morgan fingerprint density at radius 3 is 0.479 bits per heavy atom. The van der Waals surface area contributed by atoms with E-state index in [2.05, 4.69) is 35.4 Å². The van der Waals surface area contributed by atoms with E-state index in [1.807, 2.05) is 0 Å². The van der Waals surface area contributed by atoms with Crippen LogP contribution in [-0.2, 0) is 35.4 Å². The van der Waals surface area contributed by atoms with Gasteiger partial charge < -0.3 is 35.4 Å². The Morgan fingerprint density at radius 2 is 0.312 bits per heavy atom. The molecular weight excluding hydrogens is 1650 g/mol. The number of alkyl halides is 44. The molecule has 8 nitrogen and oxygen atoms in total. The largest absolute Gasteiger partial charge is 0.524 e. The molecule has 0 amide bonds. The van der Waals surface area contributed by atoms with Crippen LogP contribution in [0.25, 0.3) is 0 Å². The summed E-state index contributed by atoms with van der Waals surface area (Å²) in [5, 5.41) is -13.4. The summed E-state index contributed by atoms with van der Waals surface area (Å²) in [4.78, 5) is 0. The summed E-state index contributed by atoms with van der Waals surface area (Å²) in [6, 6.07) is 0. The lowest BCUT2D eigenvalue weighted by molar-refractivity contribution is -0.435. The molecule has 0 aliphatic heterocycles. The zero-order chi connectivity index (χ0) is 79.3. The Kier molecular flexibility index (Phi) is 33.6. The number of hydrogen-bond acceptors (Lipinski definition) is 8. The number of halogens is 48. The Bertz CT molecular complexity index is 2310. The van der Waals surface area contributed by atoms with Gasteiger partial charge in [0.2, 0.25) is 0 Å². The van der Waals surface area contributed by atoms with Gasteiger partial charge in [0.15, 0.2) is 0 Å². The van der Waals surface area contributed by atoms with E-state index in [0.717, 1.165) is 41.5 Å². The van der Waals surface area contributed by atoms with Gasteiger partial charge in [0.25, 0.3) is 5.04 Å². The van der Waals surface area contributed by atoms with Gasteiger partial charge in [-0.15, -0.1) is 0 Å². The maximum Gasteiger partial charge on any atom is 0.524 e. The first-order chi connectivity index (χ1) is 41.5. The Hall–Kier alpha value is -1.37. The summed E-state index contributed by atoms with van der Waals surface area (Å²) >= 11 is 20.0. The van der Waals surface area contributed by atoms with Crippen molar-refractivity contribution in [2.45, 2.75) is 173 Å². The zero-order valence-corrected chi connectivity index (χ0v) is 54.1. The van der Waals surface area contributed by atoms with E-state index in [1.54, 1.807) is 0 Å². The highest BCUT2D eigenvalue weighted by atomic mass is 35.6. The van der Waals surface area contributed by atoms with Gasteiger partial charge in [-0.2, -0.15) is 193 Å². The van der Waals surface area contributed by atoms with E-state index < -0.39 is 202 Å². The molecule has 0 unspecified atom stereocenters. The van der Waals surface area contributed by atoms with Crippen LogP contribution in [0, 0.1) is 0 Å². The lowest BCUT2D eigenvalue weighted by Gasteiger charge is -2.49. The average molecular weight is 1690 g/mol. The molecule has 0 bridgehead atoms. The van der Waals surface area contributed by atoms with Crippen molar-refractivity contribution in [3.8, 4) is 0 Å². The van der Waals surface area contributed by atoms with Gasteiger partial charge >= 0.3 is 144 Å². The standard InChI is InChI=1S/2C10H10ClF13O2Si.2C8H10ClF9O2Si/c1-3-25-27(11,26-4-2)5(8(16,17)18,9(19,20)21)6(12,13)7(14,15)10(22,23)24;1-3-25-27(11,26-4-2)10(23,24)8(18,19)6(14,15)5(12,13)7(16,17)9(20,21)22;1-3-19-21(9,20-4-2)8(17,18)6(12,13)5(10,11)7(14,15)16;1-3-19-21(9,20-4-2)5(6(10,11)12,7(13,14)15)8(16,17)18/h2*3-4H2,1-2H3;2*3-4H2,1-2H3. The third kappa shape index (κ3) is 17.5. The minimum Gasteiger partial charge on any atom is -0.382 e. The van der Waals surface area contributed by atoms with Crippen LogP contribution in [0.15, 0.2) is 0 Å². The molecule has 0 fully saturated rings. The van der Waals surface area contributed by atoms with Crippen LogP contribution in [0.5, 0.6) is 0 Å². The SMILES string of the molecule is CCO[Si](Cl)(OCC)C(C(F)(F)F)(C(F)(F)F)C(F)(F)C(F)(F)C(F)(F)F.CCO[Si](Cl)(OCC)C(C(F)(F)F)(C(F)(F)F)C(F)(F)F.CCO[Si](Cl)(OCC)C(F)(F)C(F)(F)C(F)(F)C(F)(F)C(F)(F)C(F)(F)F.CCO[Si](Cl)(OCC)C(F)(F)C(F)(F)C(F)(F)C(F)(F)F. The quantitative estimate of drug-likeness (QED) is 0.0436. The molecule has 0 aliphatic carbocycles. The third-order valence-electron chi connectivity index (χ3n) is 10.7. The highest BCUT2D eigenvalue weighted by molar-refractivity contribution is 7.16. The van der Waals surface area contributed by atoms with E-state index in [4.69, 9.17) is 44.3 Å². The van der Waals surface area contributed by atoms with E-state index in [1.165, 1.54) is 0 Å². The molecule has 0 heterocycles. The Balaban J connectivity index is -0.000000592. The van der Waals surface area contributed by atoms with Crippen molar-refractivity contribution in [1.29, 1.82) is 0 Å². The van der Waals surface area contributed by atoms with Crippen molar-refractivity contribution >= 4 is 75.8 Å². The monoisotopic (exact) mass is 1690 g/mol. The van der Waals surface area contributed by atoms with Crippen molar-refractivity contribution < 1.29 is 229 Å². The molecule has 0 rings (SSSR count). The molecule has 0 saturated carbocycles. The summed E-state index contributed by atoms with van der Waals surface area (Å²) in [5.74, 6) is -60.8. The van der Waals surface area contributed by atoms with E-state index in [0.29, 0.717) is 13.8 Å². The van der Waals surface area contributed by atoms with Gasteiger partial charge in [-0.25, -0.2) is 0 Å². The van der Waals surface area contributed by atoms with Crippen molar-refractivity contribution in [2.24, 2.45) is 0 Å². The topological polar surface area (TPSA) is 73.8 Å². The van der Waals surface area contributed by atoms with Crippen LogP contribution in [-0.4, -0.2) is 192 Å². The lowest BCUT2D eigenvalue weighted by atomic mass is 9.92. The van der Waals surface area contributed by atoms with Gasteiger partial charge in [-0.3, -0.25) is 0 Å². The van der Waals surface area contributed by atoms with Gasteiger partial charge in [0.05, 0.1) is 0 Å². The molecule has 584 valence electrons. The molecule has 0 aromatic carbocycles. The minimum atomic E-state index is -7.99. The van der Waals surface area contributed by atoms with Crippen LogP contribution in [0.2, 0.25) is 10.1 Å². The van der Waals surface area contributed by atoms with Crippen molar-refractivity contribution in [1.82, 2.24) is 0 Å². The molecular formula is C36H40Cl4F44O8Si4. The second-order valence-corrected chi connectivity index (χ2v) is 32.2. The van der Waals surface area contributed by atoms with Crippen LogP contribution < -0.4 is 0 Å². The maximum atomic E-state index is 14.0. The molecule has 96 heavy (non-hydrogen) atoms. The maximum absolute atomic E-state index is 14.0. The summed E-state index contributed by atoms with van der Waals surface area (Å²) in [6.45, 7) is -1.20. The Labute approximate surface area is 529 Å². The molecule has 0 aliphatic rings. The Morgan fingerprint density at radius 1 is 0.177 bits per heavy atom. The fraction of sp³-hybridized carbons (Fsp3) is 1.00. The van der Waals surface area contributed by atoms with Gasteiger partial charge in [-0.1, -0.05) is 44.3 Å². The fourth-order valence-corrected chi connectivity index (χ4v) is 19.9. The third-order valence-corrected chi connectivity index (χ3v) is 27.4. The zero-order valence-electron chi connectivity index (χ0n) is 47.1. The molecule has 0 aromatic rings. The van der Waals surface area contributed by atoms with Crippen LogP contribution in [0.1, 0.15) is 55.4 Å². The van der Waals surface area contributed by atoms with Crippen LogP contribution >= 0.6 is 44.3 Å². The first kappa shape index (κ1) is 101. The van der Waals surface area contributed by atoms with E-state index >= 15 is 0 Å². The average Bonchev–Trinajstić information content (AvgIpc) is 0.687. The minimum absolute atomic E-state index is 0.640. The summed E-state index contributed by atoms with van der Waals surface area (Å²) in [5.41, 5.74) is -12.6. The summed E-state index contributed by atoms with van der Waals surface area (Å²) in [7, 11) is -25.7. The van der Waals surface area contributed by atoms with Crippen molar-refractivity contribution in [3.05, 3.63) is 0 Å². The summed E-state index contributed by atoms with van der Waals surface area (Å²) in [6.07, 6.45) is -57.3. The van der Waals surface area contributed by atoms with Crippen LogP contribution in [0.3, 0.4) is 0 Å². The van der Waals surface area contributed by atoms with Gasteiger partial charge in [0, 0.05) is 52.9 Å². The molecule has 60 heteroatoms. The first-order valence-corrected chi connectivity index (χ1v) is 35.0. The first-order valence-electron chi connectivity index (χ1n) is 23.7. The molecule has 0 saturated heterocycles. The lowest BCUT2D eigenvalue weighted by Crippen LogP contribution is -2.75. The molecule has 0 aromatic heterocycles. The predicted octanol–water partition coefficient (Wildman–Crippen LogP) is 20.4. The smallest absolute Gasteiger partial charge is 0.382 e. The summed E-state index contributed by atoms with van der Waals surface area (Å²) < 4.78 is 603. The van der Waals surface area contributed by atoms with E-state index in [-0.39, 0.29) is 0 Å². The number of hydrogen-bond donors (Lipinski definition) is 0. The van der Waals surface area contributed by atoms with Crippen molar-refractivity contribution in [2.75, 3.05) is 52.9 Å². The fourth-order valence-electron chi connectivity index (χ4n) is 6.41. The molecule has 0 spiro atoms. The molecule has 0 N–H and O–H groups in total. The molecule has 0 radical (unpaired) electrons. The second-order valence-electron chi connectivity index (χ2n) is 16.8. The highest BCUT2D eigenvalue weighted by Crippen LogP contribution is 2.75. The normalized spacial score (nSPS) is 15.8. The predicted molar refractivity (Wildman–Crippen MR) is 243 cm³/mol. The van der Waals surface area contributed by atoms with E-state index in [9.17, 15) is 193 Å².